The number of anilines is 1. The van der Waals surface area contributed by atoms with E-state index in [1.54, 1.807) is 50.2 Å². The van der Waals surface area contributed by atoms with E-state index in [2.05, 4.69) is 20.7 Å². The Morgan fingerprint density at radius 1 is 1.00 bits per heavy atom. The largest absolute Gasteiger partial charge is 0.463 e. The third-order valence-corrected chi connectivity index (χ3v) is 7.32. The average molecular weight is 625 g/mol. The molecule has 244 valence electrons. The number of nitrogens with one attached hydrogen (secondary N) is 3. The summed E-state index contributed by atoms with van der Waals surface area (Å²) in [5, 5.41) is 8.06. The lowest BCUT2D eigenvalue weighted by atomic mass is 9.89. The van der Waals surface area contributed by atoms with Crippen molar-refractivity contribution in [1.82, 2.24) is 10.6 Å². The molecule has 0 aliphatic heterocycles. The second-order valence-corrected chi connectivity index (χ2v) is 11.5. The molecule has 11 nitrogen and oxygen atoms in total. The van der Waals surface area contributed by atoms with Crippen LogP contribution in [0.15, 0.2) is 48.5 Å². The van der Waals surface area contributed by atoms with E-state index in [9.17, 15) is 28.8 Å². The molecule has 0 spiro atoms. The van der Waals surface area contributed by atoms with Gasteiger partial charge < -0.3 is 26.4 Å². The minimum Gasteiger partial charge on any atom is -0.463 e. The van der Waals surface area contributed by atoms with Crippen LogP contribution in [0.1, 0.15) is 83.5 Å². The third kappa shape index (κ3) is 13.7. The number of carbonyl (C=O) groups excluding carboxylic acids is 6. The predicted octanol–water partition coefficient (Wildman–Crippen LogP) is 4.46. The number of primary amides is 1. The van der Waals surface area contributed by atoms with Crippen LogP contribution in [0.5, 0.6) is 0 Å². The molecule has 5 N–H and O–H groups in total. The van der Waals surface area contributed by atoms with Crippen molar-refractivity contribution in [2.24, 2.45) is 23.5 Å². The van der Waals surface area contributed by atoms with Crippen molar-refractivity contribution in [3.63, 3.8) is 0 Å². The van der Waals surface area contributed by atoms with Gasteiger partial charge >= 0.3 is 6.03 Å². The SMILES string of the molecule is [2H]CC(CCC(=O)N[C@H](C(=O)C[C@@H](CCCNC(N)=O)C(=O)Nc1ccc(COC([2H])=O)cc1)C(C)C)CC(=O)c1ccc(C)cc1. The Balaban J connectivity index is 2.02. The highest BCUT2D eigenvalue weighted by Gasteiger charge is 2.29. The van der Waals surface area contributed by atoms with Crippen molar-refractivity contribution < 1.29 is 36.2 Å². The molecular formula is C34H46N4O7. The molecule has 0 fully saturated rings. The molecule has 0 saturated carbocycles. The highest BCUT2D eigenvalue weighted by molar-refractivity contribution is 5.98. The van der Waals surface area contributed by atoms with Crippen LogP contribution in [-0.4, -0.2) is 48.4 Å². The molecule has 0 aliphatic rings. The smallest absolute Gasteiger partial charge is 0.312 e. The second-order valence-electron chi connectivity index (χ2n) is 11.5. The fourth-order valence-electron chi connectivity index (χ4n) is 4.72. The molecule has 2 aromatic rings. The number of ether oxygens (including phenoxy) is 1. The van der Waals surface area contributed by atoms with Crippen LogP contribution in [0.4, 0.5) is 10.5 Å². The van der Waals surface area contributed by atoms with Crippen LogP contribution in [0.2, 0.25) is 0 Å². The fraction of sp³-hybridized carbons (Fsp3) is 0.471. The second kappa shape index (κ2) is 19.0. The zero-order valence-electron chi connectivity index (χ0n) is 28.2. The number of urea groups is 1. The van der Waals surface area contributed by atoms with Crippen molar-refractivity contribution in [2.75, 3.05) is 11.9 Å². The molecular weight excluding hydrogens is 576 g/mol. The maximum absolute atomic E-state index is 13.5. The maximum Gasteiger partial charge on any atom is 0.312 e. The van der Waals surface area contributed by atoms with Gasteiger partial charge in [-0.05, 0) is 55.7 Å². The first-order chi connectivity index (χ1) is 22.3. The number of amides is 4. The number of carbonyl (C=O) groups is 6. The fourth-order valence-corrected chi connectivity index (χ4v) is 4.72. The zero-order valence-corrected chi connectivity index (χ0v) is 26.2. The van der Waals surface area contributed by atoms with E-state index in [0.717, 1.165) is 5.56 Å². The summed E-state index contributed by atoms with van der Waals surface area (Å²) in [4.78, 5) is 74.3. The first-order valence-corrected chi connectivity index (χ1v) is 15.1. The predicted molar refractivity (Wildman–Crippen MR) is 171 cm³/mol. The molecule has 45 heavy (non-hydrogen) atoms. The van der Waals surface area contributed by atoms with Crippen LogP contribution >= 0.6 is 0 Å². The molecule has 2 rings (SSSR count). The van der Waals surface area contributed by atoms with Gasteiger partial charge in [-0.15, -0.1) is 0 Å². The topological polar surface area (TPSA) is 174 Å². The van der Waals surface area contributed by atoms with E-state index in [1.807, 2.05) is 19.1 Å². The first kappa shape index (κ1) is 33.4. The van der Waals surface area contributed by atoms with E-state index < -0.39 is 30.3 Å². The number of nitrogens with two attached hydrogens (primary N) is 1. The van der Waals surface area contributed by atoms with Crippen molar-refractivity contribution >= 4 is 41.5 Å². The number of hydrogen-bond donors (Lipinski definition) is 4. The molecule has 0 bridgehead atoms. The van der Waals surface area contributed by atoms with Crippen LogP contribution in [0.25, 0.3) is 0 Å². The zero-order chi connectivity index (χ0) is 34.9. The van der Waals surface area contributed by atoms with Gasteiger partial charge in [0.15, 0.2) is 12.9 Å². The summed E-state index contributed by atoms with van der Waals surface area (Å²) in [7, 11) is 0. The molecule has 3 atom stereocenters. The van der Waals surface area contributed by atoms with E-state index >= 15 is 0 Å². The summed E-state index contributed by atoms with van der Waals surface area (Å²) in [6, 6.07) is 12.1. The van der Waals surface area contributed by atoms with Crippen LogP contribution < -0.4 is 21.7 Å². The van der Waals surface area contributed by atoms with E-state index in [-0.39, 0.29) is 75.0 Å². The Bertz CT molecular complexity index is 1370. The summed E-state index contributed by atoms with van der Waals surface area (Å²) >= 11 is 0. The molecule has 0 aliphatic carbocycles. The number of hydrogen-bond acceptors (Lipinski definition) is 7. The quantitative estimate of drug-likeness (QED) is 0.101. The van der Waals surface area contributed by atoms with Crippen molar-refractivity contribution in [1.29, 1.82) is 0 Å². The van der Waals surface area contributed by atoms with Crippen molar-refractivity contribution in [3.05, 3.63) is 65.2 Å². The number of ketones is 2. The Kier molecular flexibility index (Phi) is 14.1. The Labute approximate surface area is 267 Å². The van der Waals surface area contributed by atoms with Gasteiger partial charge in [0.2, 0.25) is 11.8 Å². The minimum absolute atomic E-state index is 0.0137. The van der Waals surface area contributed by atoms with Gasteiger partial charge in [-0.1, -0.05) is 62.7 Å². The van der Waals surface area contributed by atoms with Gasteiger partial charge in [0.25, 0.3) is 6.45 Å². The average Bonchev–Trinajstić information content (AvgIpc) is 3.02. The maximum atomic E-state index is 13.5. The molecule has 0 heterocycles. The lowest BCUT2D eigenvalue weighted by molar-refractivity contribution is -0.131. The normalized spacial score (nSPS) is 13.4. The summed E-state index contributed by atoms with van der Waals surface area (Å²) in [6.07, 6.45) is -0.179. The van der Waals surface area contributed by atoms with Gasteiger partial charge in [-0.25, -0.2) is 4.79 Å². The molecule has 0 aromatic heterocycles. The van der Waals surface area contributed by atoms with E-state index in [0.29, 0.717) is 29.7 Å². The molecule has 4 amide bonds. The first-order valence-electron chi connectivity index (χ1n) is 16.3. The van der Waals surface area contributed by atoms with Gasteiger partial charge in [0, 0.05) is 44.3 Å². The third-order valence-electron chi connectivity index (χ3n) is 7.32. The van der Waals surface area contributed by atoms with Crippen LogP contribution in [0, 0.1) is 24.7 Å². The highest BCUT2D eigenvalue weighted by Crippen LogP contribution is 2.20. The summed E-state index contributed by atoms with van der Waals surface area (Å²) in [6.45, 7) is 5.63. The molecule has 0 radical (unpaired) electrons. The lowest BCUT2D eigenvalue weighted by Crippen LogP contribution is -2.45. The number of aryl methyl sites for hydroxylation is 1. The summed E-state index contributed by atoms with van der Waals surface area (Å²) in [5.41, 5.74) is 7.81. The van der Waals surface area contributed by atoms with Crippen LogP contribution in [0.3, 0.4) is 0 Å². The van der Waals surface area contributed by atoms with Gasteiger partial charge in [0.05, 0.1) is 6.04 Å². The molecule has 0 saturated heterocycles. The van der Waals surface area contributed by atoms with Crippen molar-refractivity contribution in [2.45, 2.75) is 78.8 Å². The van der Waals surface area contributed by atoms with Gasteiger partial charge in [0.1, 0.15) is 6.61 Å². The Hall–Kier alpha value is -4.54. The van der Waals surface area contributed by atoms with E-state index in [4.69, 9.17) is 8.48 Å². The minimum atomic E-state index is -1.15. The highest BCUT2D eigenvalue weighted by atomic mass is 16.5. The van der Waals surface area contributed by atoms with Gasteiger partial charge in [-0.3, -0.25) is 24.0 Å². The lowest BCUT2D eigenvalue weighted by Gasteiger charge is -2.24. The number of rotatable bonds is 19. The summed E-state index contributed by atoms with van der Waals surface area (Å²) < 4.78 is 19.4. The standard InChI is InChI=1S/C34H46N4O7/c1-22(2)32(38-31(42)16-9-24(4)18-29(40)26-12-7-23(3)8-13-26)30(41)19-27(6-5-17-36-34(35)44)33(43)37-28-14-10-25(11-15-28)20-45-21-39/h7-8,10-15,21-22,24,27,32H,5-6,9,16-20H2,1-4H3,(H,37,43)(H,38,42)(H3,35,36,44)/t24?,27-,32+/m1/s1/i4D,21D. The molecule has 2 aromatic carbocycles. The van der Waals surface area contributed by atoms with Crippen molar-refractivity contribution in [3.8, 4) is 0 Å². The summed E-state index contributed by atoms with van der Waals surface area (Å²) in [5.74, 6) is -2.57. The van der Waals surface area contributed by atoms with E-state index in [1.165, 1.54) is 0 Å². The number of Topliss-reactive ketones (excluding diaryl/α,β-unsaturated/α-hetero) is 2. The molecule has 1 unspecified atom stereocenters. The van der Waals surface area contributed by atoms with Crippen LogP contribution in [-0.2, 0) is 30.5 Å². The Morgan fingerprint density at radius 3 is 2.29 bits per heavy atom. The monoisotopic (exact) mass is 624 g/mol. The number of benzene rings is 2. The Morgan fingerprint density at radius 2 is 1.69 bits per heavy atom. The van der Waals surface area contributed by atoms with Gasteiger partial charge in [-0.2, -0.15) is 0 Å². The molecule has 11 heteroatoms.